The van der Waals surface area contributed by atoms with Gasteiger partial charge in [-0.3, -0.25) is 4.68 Å². The van der Waals surface area contributed by atoms with Gasteiger partial charge in [-0.05, 0) is 13.0 Å². The third kappa shape index (κ3) is 4.87. The lowest BCUT2D eigenvalue weighted by Crippen LogP contribution is -2.19. The number of rotatable bonds is 7. The summed E-state index contributed by atoms with van der Waals surface area (Å²) < 4.78 is 23.8. The first-order valence-corrected chi connectivity index (χ1v) is 7.95. The van der Waals surface area contributed by atoms with E-state index in [1.54, 1.807) is 10.9 Å². The molecule has 98 valence electrons. The van der Waals surface area contributed by atoms with E-state index in [2.05, 4.69) is 24.3 Å². The zero-order valence-electron chi connectivity index (χ0n) is 10.7. The van der Waals surface area contributed by atoms with Crippen LogP contribution in [-0.2, 0) is 16.4 Å². The number of hydrogen-bond donors (Lipinski definition) is 1. The Morgan fingerprint density at radius 1 is 1.47 bits per heavy atom. The molecule has 0 aliphatic heterocycles. The van der Waals surface area contributed by atoms with Crippen LogP contribution < -0.4 is 5.32 Å². The summed E-state index contributed by atoms with van der Waals surface area (Å²) in [5.74, 6) is 0.131. The van der Waals surface area contributed by atoms with Gasteiger partial charge in [0.05, 0.1) is 18.5 Å². The summed E-state index contributed by atoms with van der Waals surface area (Å²) in [6, 6.07) is 0.298. The van der Waals surface area contributed by atoms with E-state index in [0.717, 1.165) is 18.5 Å². The first-order chi connectivity index (χ1) is 7.96. The maximum Gasteiger partial charge on any atom is 0.149 e. The van der Waals surface area contributed by atoms with Crippen LogP contribution in [-0.4, -0.2) is 36.8 Å². The van der Waals surface area contributed by atoms with Gasteiger partial charge in [0, 0.05) is 24.1 Å². The van der Waals surface area contributed by atoms with Crippen LogP contribution in [0.5, 0.6) is 0 Å². The Kier molecular flexibility index (Phi) is 5.14. The summed E-state index contributed by atoms with van der Waals surface area (Å²) in [5, 5.41) is 7.55. The molecule has 0 aliphatic rings. The molecule has 1 aromatic rings. The Bertz CT molecular complexity index is 439. The van der Waals surface area contributed by atoms with Gasteiger partial charge >= 0.3 is 0 Å². The third-order valence-electron chi connectivity index (χ3n) is 2.61. The number of aryl methyl sites for hydroxylation is 1. The number of nitrogens with zero attached hydrogens (tertiary/aromatic N) is 2. The summed E-state index contributed by atoms with van der Waals surface area (Å²) in [7, 11) is -2.93. The second kappa shape index (κ2) is 6.16. The molecular formula is C11H21N3O2S. The molecule has 1 unspecified atom stereocenters. The van der Waals surface area contributed by atoms with Gasteiger partial charge < -0.3 is 5.32 Å². The minimum atomic E-state index is -2.93. The van der Waals surface area contributed by atoms with Crippen molar-refractivity contribution in [3.05, 3.63) is 18.0 Å². The van der Waals surface area contributed by atoms with Crippen LogP contribution in [0.1, 0.15) is 31.9 Å². The zero-order valence-corrected chi connectivity index (χ0v) is 11.5. The summed E-state index contributed by atoms with van der Waals surface area (Å²) >= 11 is 0. The molecule has 0 aromatic carbocycles. The van der Waals surface area contributed by atoms with Gasteiger partial charge in [-0.15, -0.1) is 0 Å². The molecule has 1 aromatic heterocycles. The van der Waals surface area contributed by atoms with E-state index < -0.39 is 9.84 Å². The SMILES string of the molecule is CCNC(CC)c1cnn(CCS(C)(=O)=O)c1. The van der Waals surface area contributed by atoms with E-state index in [1.807, 2.05) is 6.20 Å². The molecule has 0 spiro atoms. The van der Waals surface area contributed by atoms with Crippen molar-refractivity contribution in [1.29, 1.82) is 0 Å². The fraction of sp³-hybridized carbons (Fsp3) is 0.727. The highest BCUT2D eigenvalue weighted by atomic mass is 32.2. The largest absolute Gasteiger partial charge is 0.310 e. The van der Waals surface area contributed by atoms with Crippen molar-refractivity contribution in [2.45, 2.75) is 32.9 Å². The standard InChI is InChI=1S/C11H21N3O2S/c1-4-11(12-5-2)10-8-13-14(9-10)6-7-17(3,15)16/h8-9,11-12H,4-7H2,1-3H3. The lowest BCUT2D eigenvalue weighted by molar-refractivity contribution is 0.536. The molecule has 0 saturated heterocycles. The highest BCUT2D eigenvalue weighted by Crippen LogP contribution is 2.15. The zero-order chi connectivity index (χ0) is 12.9. The van der Waals surface area contributed by atoms with E-state index in [4.69, 9.17) is 0 Å². The van der Waals surface area contributed by atoms with Crippen LogP contribution in [0.2, 0.25) is 0 Å². The van der Waals surface area contributed by atoms with Crippen molar-refractivity contribution in [3.63, 3.8) is 0 Å². The highest BCUT2D eigenvalue weighted by Gasteiger charge is 2.10. The molecule has 0 aliphatic carbocycles. The molecular weight excluding hydrogens is 238 g/mol. The van der Waals surface area contributed by atoms with E-state index in [9.17, 15) is 8.42 Å². The molecule has 1 heterocycles. The third-order valence-corrected chi connectivity index (χ3v) is 3.53. The normalized spacial score (nSPS) is 13.8. The van der Waals surface area contributed by atoms with E-state index in [-0.39, 0.29) is 5.75 Å². The number of nitrogens with one attached hydrogen (secondary N) is 1. The van der Waals surface area contributed by atoms with Gasteiger partial charge in [0.1, 0.15) is 9.84 Å². The van der Waals surface area contributed by atoms with Crippen molar-refractivity contribution in [3.8, 4) is 0 Å². The Hall–Kier alpha value is -0.880. The minimum Gasteiger partial charge on any atom is -0.310 e. The van der Waals surface area contributed by atoms with Gasteiger partial charge in [-0.25, -0.2) is 8.42 Å². The summed E-state index contributed by atoms with van der Waals surface area (Å²) in [6.45, 7) is 5.51. The fourth-order valence-electron chi connectivity index (χ4n) is 1.69. The average Bonchev–Trinajstić information content (AvgIpc) is 2.70. The second-order valence-corrected chi connectivity index (χ2v) is 6.44. The van der Waals surface area contributed by atoms with Gasteiger partial charge in [-0.1, -0.05) is 13.8 Å². The highest BCUT2D eigenvalue weighted by molar-refractivity contribution is 7.90. The molecule has 0 radical (unpaired) electrons. The smallest absolute Gasteiger partial charge is 0.149 e. The summed E-state index contributed by atoms with van der Waals surface area (Å²) in [6.07, 6.45) is 5.96. The van der Waals surface area contributed by atoms with Crippen LogP contribution in [0.4, 0.5) is 0 Å². The van der Waals surface area contributed by atoms with Crippen molar-refractivity contribution in [2.24, 2.45) is 0 Å². The van der Waals surface area contributed by atoms with Crippen molar-refractivity contribution < 1.29 is 8.42 Å². The molecule has 0 bridgehead atoms. The first-order valence-electron chi connectivity index (χ1n) is 5.89. The molecule has 17 heavy (non-hydrogen) atoms. The number of hydrogen-bond acceptors (Lipinski definition) is 4. The monoisotopic (exact) mass is 259 g/mol. The maximum absolute atomic E-state index is 11.1. The molecule has 0 saturated carbocycles. The fourth-order valence-corrected chi connectivity index (χ4v) is 2.20. The van der Waals surface area contributed by atoms with Crippen LogP contribution in [0.3, 0.4) is 0 Å². The molecule has 1 N–H and O–H groups in total. The predicted octanol–water partition coefficient (Wildman–Crippen LogP) is 0.988. The molecule has 0 amide bonds. The molecule has 1 rings (SSSR count). The number of aromatic nitrogens is 2. The van der Waals surface area contributed by atoms with Crippen LogP contribution in [0, 0.1) is 0 Å². The van der Waals surface area contributed by atoms with E-state index in [0.29, 0.717) is 12.6 Å². The Morgan fingerprint density at radius 3 is 2.71 bits per heavy atom. The van der Waals surface area contributed by atoms with Crippen LogP contribution in [0.15, 0.2) is 12.4 Å². The lowest BCUT2D eigenvalue weighted by atomic mass is 10.1. The molecule has 6 heteroatoms. The minimum absolute atomic E-state index is 0.131. The Labute approximate surface area is 103 Å². The van der Waals surface area contributed by atoms with Crippen molar-refractivity contribution in [2.75, 3.05) is 18.6 Å². The lowest BCUT2D eigenvalue weighted by Gasteiger charge is -2.13. The summed E-state index contributed by atoms with van der Waals surface area (Å²) in [4.78, 5) is 0. The number of sulfone groups is 1. The van der Waals surface area contributed by atoms with Gasteiger partial charge in [0.15, 0.2) is 0 Å². The van der Waals surface area contributed by atoms with Gasteiger partial charge in [0.25, 0.3) is 0 Å². The Balaban J connectivity index is 2.64. The quantitative estimate of drug-likeness (QED) is 0.793. The van der Waals surface area contributed by atoms with E-state index >= 15 is 0 Å². The second-order valence-electron chi connectivity index (χ2n) is 4.19. The van der Waals surface area contributed by atoms with E-state index in [1.165, 1.54) is 6.26 Å². The topological polar surface area (TPSA) is 64.0 Å². The van der Waals surface area contributed by atoms with Gasteiger partial charge in [-0.2, -0.15) is 5.10 Å². The maximum atomic E-state index is 11.1. The van der Waals surface area contributed by atoms with Gasteiger partial charge in [0.2, 0.25) is 0 Å². The molecule has 0 fully saturated rings. The van der Waals surface area contributed by atoms with Crippen molar-refractivity contribution >= 4 is 9.84 Å². The molecule has 5 nitrogen and oxygen atoms in total. The Morgan fingerprint density at radius 2 is 2.18 bits per heavy atom. The van der Waals surface area contributed by atoms with Crippen LogP contribution in [0.25, 0.3) is 0 Å². The predicted molar refractivity (Wildman–Crippen MR) is 68.6 cm³/mol. The van der Waals surface area contributed by atoms with Crippen LogP contribution >= 0.6 is 0 Å². The summed E-state index contributed by atoms with van der Waals surface area (Å²) in [5.41, 5.74) is 1.11. The molecule has 1 atom stereocenters. The first kappa shape index (κ1) is 14.2. The van der Waals surface area contributed by atoms with Crippen molar-refractivity contribution in [1.82, 2.24) is 15.1 Å². The average molecular weight is 259 g/mol.